The van der Waals surface area contributed by atoms with E-state index in [2.05, 4.69) is 26.2 Å². The first-order valence-corrected chi connectivity index (χ1v) is 9.89. The Morgan fingerprint density at radius 3 is 2.96 bits per heavy atom. The monoisotopic (exact) mass is 407 g/mol. The molecule has 148 valence electrons. The number of tetrazole rings is 1. The molecule has 12 nitrogen and oxygen atoms in total. The molecule has 1 aliphatic carbocycles. The smallest absolute Gasteiger partial charge is 0.356 e. The maximum atomic E-state index is 12.2. The largest absolute Gasteiger partial charge is 0.488 e. The molecule has 1 aromatic heterocycles. The van der Waals surface area contributed by atoms with Crippen molar-refractivity contribution in [2.45, 2.75) is 48.8 Å². The number of nitrogens with one attached hydrogen (secondary N) is 2. The molecule has 4 heterocycles. The maximum Gasteiger partial charge on any atom is 0.356 e. The number of nitrogens with zero attached hydrogens (tertiary/aromatic N) is 5. The van der Waals surface area contributed by atoms with E-state index in [-0.39, 0.29) is 59.8 Å². The topological polar surface area (TPSA) is 152 Å². The van der Waals surface area contributed by atoms with E-state index >= 15 is 0 Å². The van der Waals surface area contributed by atoms with Gasteiger partial charge in [0.05, 0.1) is 11.8 Å². The Morgan fingerprint density at radius 1 is 1.39 bits per heavy atom. The maximum absolute atomic E-state index is 12.2. The minimum Gasteiger partial charge on any atom is -0.488 e. The van der Waals surface area contributed by atoms with Crippen molar-refractivity contribution in [3.8, 4) is 0 Å². The number of thioether (sulfide) groups is 1. The number of rotatable bonds is 7. The van der Waals surface area contributed by atoms with Gasteiger partial charge in [0.15, 0.2) is 5.70 Å². The number of carboxylic acid groups (broad SMARTS) is 1. The highest BCUT2D eigenvalue weighted by atomic mass is 32.2. The molecule has 0 aromatic carbocycles. The molecule has 4 aliphatic rings. The van der Waals surface area contributed by atoms with E-state index in [4.69, 9.17) is 4.74 Å². The zero-order chi connectivity index (χ0) is 19.4. The van der Waals surface area contributed by atoms with Gasteiger partial charge < -0.3 is 20.5 Å². The third-order valence-corrected chi connectivity index (χ3v) is 6.09. The standard InChI is InChI=1S/C15H17N7O5S/c23-9(17-6-1-2-6)4-21-15(18-19-20-21)28-5-8-12(14(25)26)22-11-7(27-8)3-16-10(11)13(22)24/h6-7,10-11,16H,1-5H2,(H,17,23)(H,25,26)/t7-,10+,11-/m1/s1. The summed E-state index contributed by atoms with van der Waals surface area (Å²) < 4.78 is 7.24. The Morgan fingerprint density at radius 2 is 2.21 bits per heavy atom. The molecule has 1 saturated carbocycles. The summed E-state index contributed by atoms with van der Waals surface area (Å²) in [6.07, 6.45) is 1.70. The molecule has 0 spiro atoms. The fraction of sp³-hybridized carbons (Fsp3) is 0.600. The first-order valence-electron chi connectivity index (χ1n) is 8.91. The highest BCUT2D eigenvalue weighted by Crippen LogP contribution is 2.40. The number of β-lactam (4-membered cyclic amide) rings is 1. The number of hydrogen-bond acceptors (Lipinski definition) is 9. The summed E-state index contributed by atoms with van der Waals surface area (Å²) in [5.41, 5.74) is -0.135. The lowest BCUT2D eigenvalue weighted by molar-refractivity contribution is -0.158. The SMILES string of the molecule is O=C(Cn1nnnc1SCC1=C(C(=O)O)N2C(=O)[C@H]3NC[C@@H](O1)[C@H]32)NC1CC1. The Balaban J connectivity index is 1.31. The highest BCUT2D eigenvalue weighted by Gasteiger charge is 2.61. The zero-order valence-electron chi connectivity index (χ0n) is 14.6. The van der Waals surface area contributed by atoms with Gasteiger partial charge in [-0.25, -0.2) is 9.48 Å². The number of aliphatic carboxylic acids is 1. The summed E-state index contributed by atoms with van der Waals surface area (Å²) in [4.78, 5) is 37.3. The van der Waals surface area contributed by atoms with E-state index in [1.54, 1.807) is 0 Å². The van der Waals surface area contributed by atoms with Crippen molar-refractivity contribution in [1.82, 2.24) is 35.7 Å². The zero-order valence-corrected chi connectivity index (χ0v) is 15.4. The summed E-state index contributed by atoms with van der Waals surface area (Å²) >= 11 is 1.15. The van der Waals surface area contributed by atoms with Gasteiger partial charge >= 0.3 is 5.97 Å². The number of amides is 2. The predicted molar refractivity (Wildman–Crippen MR) is 91.7 cm³/mol. The third kappa shape index (κ3) is 2.81. The van der Waals surface area contributed by atoms with Crippen LogP contribution in [0.4, 0.5) is 0 Å². The van der Waals surface area contributed by atoms with Gasteiger partial charge in [-0.2, -0.15) is 0 Å². The van der Waals surface area contributed by atoms with Crippen LogP contribution in [0.5, 0.6) is 0 Å². The van der Waals surface area contributed by atoms with E-state index in [1.807, 2.05) is 0 Å². The first kappa shape index (κ1) is 17.4. The van der Waals surface area contributed by atoms with Gasteiger partial charge in [-0.3, -0.25) is 14.5 Å². The fourth-order valence-electron chi connectivity index (χ4n) is 3.70. The van der Waals surface area contributed by atoms with Crippen molar-refractivity contribution in [2.24, 2.45) is 0 Å². The molecule has 2 amide bonds. The number of carbonyl (C=O) groups is 3. The molecule has 0 bridgehead atoms. The second kappa shape index (κ2) is 6.44. The molecular formula is C15H17N7O5S. The molecular weight excluding hydrogens is 390 g/mol. The number of carboxylic acids is 1. The molecule has 3 aliphatic heterocycles. The third-order valence-electron chi connectivity index (χ3n) is 5.13. The van der Waals surface area contributed by atoms with Crippen molar-refractivity contribution in [2.75, 3.05) is 12.3 Å². The van der Waals surface area contributed by atoms with Crippen LogP contribution in [0.25, 0.3) is 0 Å². The van der Waals surface area contributed by atoms with E-state index in [0.29, 0.717) is 11.7 Å². The summed E-state index contributed by atoms with van der Waals surface area (Å²) in [6.45, 7) is 0.468. The number of ether oxygens (including phenoxy) is 1. The average Bonchev–Trinajstić information content (AvgIpc) is 3.21. The van der Waals surface area contributed by atoms with Crippen LogP contribution in [0.15, 0.2) is 16.6 Å². The summed E-state index contributed by atoms with van der Waals surface area (Å²) in [6, 6.07) is -0.403. The van der Waals surface area contributed by atoms with Gasteiger partial charge in [0.2, 0.25) is 17.0 Å². The van der Waals surface area contributed by atoms with Gasteiger partial charge in [0.25, 0.3) is 0 Å². The van der Waals surface area contributed by atoms with Gasteiger partial charge in [0.1, 0.15) is 24.4 Å². The molecule has 3 N–H and O–H groups in total. The summed E-state index contributed by atoms with van der Waals surface area (Å²) in [5, 5.41) is 27.2. The van der Waals surface area contributed by atoms with Crippen molar-refractivity contribution >= 4 is 29.5 Å². The molecule has 1 aromatic rings. The fourth-order valence-corrected chi connectivity index (χ4v) is 4.51. The van der Waals surface area contributed by atoms with Gasteiger partial charge in [-0.15, -0.1) is 5.10 Å². The van der Waals surface area contributed by atoms with Crippen molar-refractivity contribution < 1.29 is 24.2 Å². The van der Waals surface area contributed by atoms with Crippen LogP contribution in [0.1, 0.15) is 12.8 Å². The van der Waals surface area contributed by atoms with E-state index in [0.717, 1.165) is 24.6 Å². The van der Waals surface area contributed by atoms with Crippen molar-refractivity contribution in [3.05, 3.63) is 11.5 Å². The van der Waals surface area contributed by atoms with E-state index in [9.17, 15) is 19.5 Å². The van der Waals surface area contributed by atoms with Crippen LogP contribution in [-0.2, 0) is 25.7 Å². The molecule has 5 rings (SSSR count). The summed E-state index contributed by atoms with van der Waals surface area (Å²) in [5.74, 6) is -1.31. The van der Waals surface area contributed by atoms with Crippen LogP contribution in [-0.4, -0.2) is 84.5 Å². The quantitative estimate of drug-likeness (QED) is 0.339. The molecule has 13 heteroatoms. The molecule has 3 fully saturated rings. The minimum atomic E-state index is -1.21. The van der Waals surface area contributed by atoms with Crippen LogP contribution in [0.2, 0.25) is 0 Å². The predicted octanol–water partition coefficient (Wildman–Crippen LogP) is -2.08. The number of aromatic nitrogens is 4. The second-order valence-corrected chi connectivity index (χ2v) is 8.01. The molecule has 3 atom stereocenters. The van der Waals surface area contributed by atoms with Gasteiger partial charge in [0, 0.05) is 12.6 Å². The number of hydrogen-bond donors (Lipinski definition) is 3. The molecule has 28 heavy (non-hydrogen) atoms. The Kier molecular flexibility index (Phi) is 4.01. The van der Waals surface area contributed by atoms with Crippen molar-refractivity contribution in [3.63, 3.8) is 0 Å². The van der Waals surface area contributed by atoms with Crippen LogP contribution in [0.3, 0.4) is 0 Å². The second-order valence-electron chi connectivity index (χ2n) is 7.07. The Hall–Kier alpha value is -2.67. The van der Waals surface area contributed by atoms with Crippen molar-refractivity contribution in [1.29, 1.82) is 0 Å². The normalized spacial score (nSPS) is 27.9. The molecule has 2 saturated heterocycles. The van der Waals surface area contributed by atoms with E-state index in [1.165, 1.54) is 9.58 Å². The lowest BCUT2D eigenvalue weighted by Gasteiger charge is -2.48. The average molecular weight is 407 g/mol. The van der Waals surface area contributed by atoms with E-state index < -0.39 is 5.97 Å². The minimum absolute atomic E-state index is 0.0154. The molecule has 0 unspecified atom stereocenters. The summed E-state index contributed by atoms with van der Waals surface area (Å²) in [7, 11) is 0. The molecule has 0 radical (unpaired) electrons. The van der Waals surface area contributed by atoms with Gasteiger partial charge in [-0.05, 0) is 23.3 Å². The Bertz CT molecular complexity index is 897. The Labute approximate surface area is 162 Å². The van der Waals surface area contributed by atoms with Crippen LogP contribution < -0.4 is 10.6 Å². The lowest BCUT2D eigenvalue weighted by atomic mass is 9.92. The lowest BCUT2D eigenvalue weighted by Crippen LogP contribution is -2.69. The van der Waals surface area contributed by atoms with Gasteiger partial charge in [-0.1, -0.05) is 11.8 Å². The first-order chi connectivity index (χ1) is 13.5. The highest BCUT2D eigenvalue weighted by molar-refractivity contribution is 7.99. The van der Waals surface area contributed by atoms with Crippen LogP contribution in [0, 0.1) is 0 Å². The van der Waals surface area contributed by atoms with Crippen LogP contribution >= 0.6 is 11.8 Å². The number of carbonyl (C=O) groups excluding carboxylic acids is 2.